The maximum absolute atomic E-state index is 12.3. The van der Waals surface area contributed by atoms with Crippen LogP contribution < -0.4 is 5.73 Å². The molecular weight excluding hydrogens is 256 g/mol. The van der Waals surface area contributed by atoms with E-state index in [0.717, 1.165) is 12.8 Å². The van der Waals surface area contributed by atoms with Gasteiger partial charge in [0.2, 0.25) is 5.91 Å². The van der Waals surface area contributed by atoms with E-state index in [1.54, 1.807) is 4.90 Å². The molecule has 0 bridgehead atoms. The monoisotopic (exact) mass is 286 g/mol. The van der Waals surface area contributed by atoms with Crippen LogP contribution in [0.25, 0.3) is 0 Å². The molecule has 0 aromatic heterocycles. The first-order valence-corrected chi connectivity index (χ1v) is 7.39. The second-order valence-corrected chi connectivity index (χ2v) is 5.81. The summed E-state index contributed by atoms with van der Waals surface area (Å²) in [5.41, 5.74) is 5.61. The summed E-state index contributed by atoms with van der Waals surface area (Å²) < 4.78 is 4.63. The molecule has 118 valence electrons. The van der Waals surface area contributed by atoms with Crippen molar-refractivity contribution in [3.63, 3.8) is 0 Å². The molecule has 0 radical (unpaired) electrons. The summed E-state index contributed by atoms with van der Waals surface area (Å²) in [7, 11) is 1.33. The lowest BCUT2D eigenvalue weighted by molar-refractivity contribution is -0.148. The number of hydrogen-bond acceptors (Lipinski definition) is 4. The second-order valence-electron chi connectivity index (χ2n) is 5.81. The summed E-state index contributed by atoms with van der Waals surface area (Å²) in [6.45, 7) is 8.78. The van der Waals surface area contributed by atoms with Gasteiger partial charge >= 0.3 is 5.97 Å². The fraction of sp³-hybridized carbons (Fsp3) is 0.867. The van der Waals surface area contributed by atoms with Crippen molar-refractivity contribution in [2.45, 2.75) is 53.0 Å². The van der Waals surface area contributed by atoms with Gasteiger partial charge in [-0.15, -0.1) is 0 Å². The number of carbonyl (C=O) groups excluding carboxylic acids is 2. The first-order valence-electron chi connectivity index (χ1n) is 7.39. The number of esters is 1. The van der Waals surface area contributed by atoms with E-state index in [4.69, 9.17) is 5.73 Å². The van der Waals surface area contributed by atoms with E-state index in [1.165, 1.54) is 7.11 Å². The Morgan fingerprint density at radius 2 is 1.75 bits per heavy atom. The van der Waals surface area contributed by atoms with Gasteiger partial charge in [-0.25, -0.2) is 0 Å². The van der Waals surface area contributed by atoms with Gasteiger partial charge in [-0.3, -0.25) is 9.59 Å². The van der Waals surface area contributed by atoms with E-state index in [1.807, 2.05) is 13.8 Å². The van der Waals surface area contributed by atoms with Crippen LogP contribution in [0, 0.1) is 11.8 Å². The molecule has 0 fully saturated rings. The summed E-state index contributed by atoms with van der Waals surface area (Å²) in [6, 6.07) is -0.00592. The van der Waals surface area contributed by atoms with Crippen LogP contribution in [0.1, 0.15) is 47.0 Å². The normalized spacial score (nSPS) is 12.6. The Bertz CT molecular complexity index is 303. The summed E-state index contributed by atoms with van der Waals surface area (Å²) in [5, 5.41) is 0. The quantitative estimate of drug-likeness (QED) is 0.656. The van der Waals surface area contributed by atoms with E-state index >= 15 is 0 Å². The average Bonchev–Trinajstić information content (AvgIpc) is 2.39. The molecule has 0 heterocycles. The highest BCUT2D eigenvalue weighted by atomic mass is 16.5. The maximum Gasteiger partial charge on any atom is 0.325 e. The molecule has 1 unspecified atom stereocenters. The molecule has 0 aliphatic heterocycles. The number of nitrogens with two attached hydrogens (primary N) is 1. The van der Waals surface area contributed by atoms with Gasteiger partial charge in [0.1, 0.15) is 6.54 Å². The van der Waals surface area contributed by atoms with Crippen LogP contribution in [0.5, 0.6) is 0 Å². The Morgan fingerprint density at radius 1 is 1.15 bits per heavy atom. The van der Waals surface area contributed by atoms with Gasteiger partial charge in [0, 0.05) is 12.5 Å². The van der Waals surface area contributed by atoms with Gasteiger partial charge < -0.3 is 15.4 Å². The fourth-order valence-electron chi connectivity index (χ4n) is 2.24. The lowest BCUT2D eigenvalue weighted by atomic mass is 9.88. The topological polar surface area (TPSA) is 72.6 Å². The molecule has 2 N–H and O–H groups in total. The van der Waals surface area contributed by atoms with E-state index in [0.29, 0.717) is 24.8 Å². The number of nitrogens with zero attached hydrogens (tertiary/aromatic N) is 1. The number of ether oxygens (including phenoxy) is 1. The summed E-state index contributed by atoms with van der Waals surface area (Å²) in [5.74, 6) is 0.595. The van der Waals surface area contributed by atoms with Crippen molar-refractivity contribution in [1.29, 1.82) is 0 Å². The zero-order valence-electron chi connectivity index (χ0n) is 13.5. The fourth-order valence-corrected chi connectivity index (χ4v) is 2.24. The molecule has 0 aliphatic carbocycles. The highest BCUT2D eigenvalue weighted by molar-refractivity contribution is 5.82. The molecular formula is C15H30N2O3. The van der Waals surface area contributed by atoms with Crippen molar-refractivity contribution in [1.82, 2.24) is 4.90 Å². The SMILES string of the molecule is COC(=O)CN(C(=O)CCC(CCN)C(C)C)C(C)C. The maximum atomic E-state index is 12.3. The summed E-state index contributed by atoms with van der Waals surface area (Å²) in [6.07, 6.45) is 2.21. The zero-order valence-corrected chi connectivity index (χ0v) is 13.5. The smallest absolute Gasteiger partial charge is 0.325 e. The molecule has 0 saturated heterocycles. The van der Waals surface area contributed by atoms with Crippen molar-refractivity contribution in [3.8, 4) is 0 Å². The zero-order chi connectivity index (χ0) is 15.7. The first-order chi connectivity index (χ1) is 9.33. The van der Waals surface area contributed by atoms with Crippen LogP contribution in [-0.2, 0) is 14.3 Å². The van der Waals surface area contributed by atoms with Crippen LogP contribution in [0.3, 0.4) is 0 Å². The molecule has 1 amide bonds. The molecule has 5 nitrogen and oxygen atoms in total. The molecule has 0 aromatic rings. The molecule has 20 heavy (non-hydrogen) atoms. The van der Waals surface area contributed by atoms with Crippen molar-refractivity contribution < 1.29 is 14.3 Å². The second kappa shape index (κ2) is 9.75. The molecule has 0 aromatic carbocycles. The minimum atomic E-state index is -0.380. The molecule has 0 aliphatic rings. The predicted molar refractivity (Wildman–Crippen MR) is 80.1 cm³/mol. The van der Waals surface area contributed by atoms with Gasteiger partial charge in [-0.2, -0.15) is 0 Å². The summed E-state index contributed by atoms with van der Waals surface area (Å²) in [4.78, 5) is 25.2. The van der Waals surface area contributed by atoms with Gasteiger partial charge in [0.15, 0.2) is 0 Å². The number of carbonyl (C=O) groups is 2. The van der Waals surface area contributed by atoms with E-state index in [2.05, 4.69) is 18.6 Å². The number of amides is 1. The first kappa shape index (κ1) is 18.9. The van der Waals surface area contributed by atoms with Crippen molar-refractivity contribution in [2.24, 2.45) is 17.6 Å². The Labute approximate surface area is 122 Å². The highest BCUT2D eigenvalue weighted by Gasteiger charge is 2.22. The van der Waals surface area contributed by atoms with Gasteiger partial charge in [0.05, 0.1) is 7.11 Å². The Hall–Kier alpha value is -1.10. The van der Waals surface area contributed by atoms with Gasteiger partial charge in [0.25, 0.3) is 0 Å². The van der Waals surface area contributed by atoms with Crippen LogP contribution in [-0.4, -0.2) is 43.0 Å². The minimum absolute atomic E-state index is 0.00592. The van der Waals surface area contributed by atoms with Crippen LogP contribution in [0.4, 0.5) is 0 Å². The Kier molecular flexibility index (Phi) is 9.21. The lowest BCUT2D eigenvalue weighted by Gasteiger charge is -2.27. The van der Waals surface area contributed by atoms with Crippen LogP contribution in [0.2, 0.25) is 0 Å². The third kappa shape index (κ3) is 6.89. The largest absolute Gasteiger partial charge is 0.468 e. The minimum Gasteiger partial charge on any atom is -0.468 e. The van der Waals surface area contributed by atoms with Crippen molar-refractivity contribution in [2.75, 3.05) is 20.2 Å². The van der Waals surface area contributed by atoms with Crippen LogP contribution >= 0.6 is 0 Å². The average molecular weight is 286 g/mol. The number of methoxy groups -OCH3 is 1. The van der Waals surface area contributed by atoms with Gasteiger partial charge in [-0.1, -0.05) is 13.8 Å². The molecule has 1 atom stereocenters. The van der Waals surface area contributed by atoms with E-state index < -0.39 is 0 Å². The molecule has 5 heteroatoms. The standard InChI is InChI=1S/C15H30N2O3/c1-11(2)13(8-9-16)6-7-14(18)17(12(3)4)10-15(19)20-5/h11-13H,6-10,16H2,1-5H3. The van der Waals surface area contributed by atoms with Crippen molar-refractivity contribution in [3.05, 3.63) is 0 Å². The molecule has 0 saturated carbocycles. The summed E-state index contributed by atoms with van der Waals surface area (Å²) >= 11 is 0. The van der Waals surface area contributed by atoms with E-state index in [-0.39, 0.29) is 24.5 Å². The Balaban J connectivity index is 4.48. The van der Waals surface area contributed by atoms with Crippen molar-refractivity contribution >= 4 is 11.9 Å². The third-order valence-electron chi connectivity index (χ3n) is 3.68. The van der Waals surface area contributed by atoms with Gasteiger partial charge in [-0.05, 0) is 45.1 Å². The number of rotatable bonds is 9. The highest BCUT2D eigenvalue weighted by Crippen LogP contribution is 2.21. The van der Waals surface area contributed by atoms with E-state index in [9.17, 15) is 9.59 Å². The lowest BCUT2D eigenvalue weighted by Crippen LogP contribution is -2.41. The third-order valence-corrected chi connectivity index (χ3v) is 3.68. The molecule has 0 spiro atoms. The number of hydrogen-bond donors (Lipinski definition) is 1. The Morgan fingerprint density at radius 3 is 2.15 bits per heavy atom. The van der Waals surface area contributed by atoms with Crippen LogP contribution in [0.15, 0.2) is 0 Å². The molecule has 0 rings (SSSR count). The predicted octanol–water partition coefficient (Wildman–Crippen LogP) is 1.80.